The third-order valence-corrected chi connectivity index (χ3v) is 8.31. The van der Waals surface area contributed by atoms with Crippen molar-refractivity contribution in [2.75, 3.05) is 30.3 Å². The highest BCUT2D eigenvalue weighted by molar-refractivity contribution is 5.89. The Morgan fingerprint density at radius 1 is 0.872 bits per heavy atom. The van der Waals surface area contributed by atoms with Crippen LogP contribution in [0, 0.1) is 16.7 Å². The monoisotopic (exact) mass is 522 g/mol. The lowest BCUT2D eigenvalue weighted by Crippen LogP contribution is -2.52. The van der Waals surface area contributed by atoms with Crippen molar-refractivity contribution < 1.29 is 14.3 Å². The van der Waals surface area contributed by atoms with Gasteiger partial charge in [0.25, 0.3) is 0 Å². The van der Waals surface area contributed by atoms with Crippen LogP contribution in [0.15, 0.2) is 66.7 Å². The molecule has 2 aliphatic heterocycles. The molecule has 7 heteroatoms. The number of carbonyl (C=O) groups is 2. The lowest BCUT2D eigenvalue weighted by Gasteiger charge is -2.50. The van der Waals surface area contributed by atoms with Gasteiger partial charge in [-0.1, -0.05) is 24.3 Å². The van der Waals surface area contributed by atoms with Crippen molar-refractivity contribution in [3.05, 3.63) is 89.0 Å². The second-order valence-corrected chi connectivity index (χ2v) is 10.8. The third kappa shape index (κ3) is 5.39. The molecule has 3 N–H and O–H groups in total. The van der Waals surface area contributed by atoms with E-state index in [0.29, 0.717) is 12.2 Å². The molecule has 0 aromatic heterocycles. The van der Waals surface area contributed by atoms with E-state index >= 15 is 0 Å². The highest BCUT2D eigenvalue weighted by Gasteiger charge is 2.58. The summed E-state index contributed by atoms with van der Waals surface area (Å²) in [6.45, 7) is 5.30. The van der Waals surface area contributed by atoms with E-state index in [-0.39, 0.29) is 22.6 Å². The van der Waals surface area contributed by atoms with Crippen LogP contribution in [0.5, 0.6) is 5.75 Å². The van der Waals surface area contributed by atoms with E-state index in [0.717, 1.165) is 61.5 Å². The molecule has 0 spiro atoms. The van der Waals surface area contributed by atoms with Crippen LogP contribution in [0.25, 0.3) is 0 Å². The minimum absolute atomic E-state index is 0.0806. The number of carbonyl (C=O) groups excluding carboxylic acids is 2. The maximum atomic E-state index is 11.4. The molecule has 3 aromatic carbocycles. The van der Waals surface area contributed by atoms with Crippen LogP contribution in [0.2, 0.25) is 0 Å². The number of nitrogens with one attached hydrogen (secondary N) is 3. The topological polar surface area (TPSA) is 103 Å². The molecule has 2 aliphatic rings. The summed E-state index contributed by atoms with van der Waals surface area (Å²) in [4.78, 5) is 22.8. The second-order valence-electron chi connectivity index (χ2n) is 10.8. The first kappa shape index (κ1) is 26.5. The number of anilines is 2. The fourth-order valence-corrected chi connectivity index (χ4v) is 6.30. The van der Waals surface area contributed by atoms with Gasteiger partial charge >= 0.3 is 0 Å². The number of amides is 2. The van der Waals surface area contributed by atoms with Gasteiger partial charge in [0.05, 0.1) is 18.2 Å². The van der Waals surface area contributed by atoms with E-state index in [9.17, 15) is 14.9 Å². The summed E-state index contributed by atoms with van der Waals surface area (Å²) in [7, 11) is 0. The smallest absolute Gasteiger partial charge is 0.221 e. The van der Waals surface area contributed by atoms with Gasteiger partial charge in [0.15, 0.2) is 0 Å². The first-order valence-corrected chi connectivity index (χ1v) is 13.4. The first-order chi connectivity index (χ1) is 18.8. The Balaban J connectivity index is 1.43. The van der Waals surface area contributed by atoms with E-state index in [4.69, 9.17) is 4.74 Å². The molecular formula is C32H34N4O3. The third-order valence-electron chi connectivity index (χ3n) is 8.31. The average Bonchev–Trinajstić information content (AvgIpc) is 3.31. The average molecular weight is 523 g/mol. The minimum Gasteiger partial charge on any atom is -0.493 e. The summed E-state index contributed by atoms with van der Waals surface area (Å²) < 4.78 is 6.38. The van der Waals surface area contributed by atoms with E-state index < -0.39 is 0 Å². The van der Waals surface area contributed by atoms with Crippen molar-refractivity contribution in [1.82, 2.24) is 5.32 Å². The van der Waals surface area contributed by atoms with Crippen molar-refractivity contribution in [2.45, 2.75) is 44.9 Å². The van der Waals surface area contributed by atoms with Gasteiger partial charge in [0.2, 0.25) is 11.8 Å². The lowest BCUT2D eigenvalue weighted by molar-refractivity contribution is -0.115. The minimum atomic E-state index is -0.195. The van der Waals surface area contributed by atoms with E-state index in [1.807, 2.05) is 42.5 Å². The van der Waals surface area contributed by atoms with Gasteiger partial charge in [-0.25, -0.2) is 0 Å². The Morgan fingerprint density at radius 2 is 1.46 bits per heavy atom. The molecule has 5 rings (SSSR count). The molecule has 2 unspecified atom stereocenters. The van der Waals surface area contributed by atoms with Crippen molar-refractivity contribution in [3.63, 3.8) is 0 Å². The molecule has 0 radical (unpaired) electrons. The number of rotatable bonds is 8. The molecule has 0 aliphatic carbocycles. The predicted octanol–water partition coefficient (Wildman–Crippen LogP) is 4.96. The summed E-state index contributed by atoms with van der Waals surface area (Å²) >= 11 is 0. The molecule has 7 nitrogen and oxygen atoms in total. The zero-order valence-corrected chi connectivity index (χ0v) is 22.5. The van der Waals surface area contributed by atoms with Crippen LogP contribution in [-0.4, -0.2) is 31.5 Å². The van der Waals surface area contributed by atoms with E-state index in [1.54, 1.807) is 0 Å². The Morgan fingerprint density at radius 3 is 2.03 bits per heavy atom. The zero-order valence-electron chi connectivity index (χ0n) is 22.5. The normalized spacial score (nSPS) is 21.2. The second kappa shape index (κ2) is 10.9. The number of ether oxygens (including phenoxy) is 1. The number of benzene rings is 3. The fraction of sp³-hybridized carbons (Fsp3) is 0.344. The Kier molecular flexibility index (Phi) is 7.40. The van der Waals surface area contributed by atoms with Crippen LogP contribution in [0.3, 0.4) is 0 Å². The first-order valence-electron chi connectivity index (χ1n) is 13.4. The summed E-state index contributed by atoms with van der Waals surface area (Å²) in [6, 6.07) is 24.2. The quantitative estimate of drug-likeness (QED) is 0.388. The Hall–Kier alpha value is -4.15. The summed E-state index contributed by atoms with van der Waals surface area (Å²) in [5.74, 6) is 0.706. The molecule has 0 bridgehead atoms. The number of fused-ring (bicyclic) bond motifs is 3. The van der Waals surface area contributed by atoms with Crippen LogP contribution in [0.1, 0.15) is 48.9 Å². The van der Waals surface area contributed by atoms with Crippen LogP contribution in [-0.2, 0) is 27.8 Å². The highest BCUT2D eigenvalue weighted by atomic mass is 16.5. The van der Waals surface area contributed by atoms with Crippen LogP contribution < -0.4 is 20.7 Å². The Bertz CT molecular complexity index is 1410. The van der Waals surface area contributed by atoms with Gasteiger partial charge in [-0.05, 0) is 79.3 Å². The van der Waals surface area contributed by atoms with Crippen LogP contribution >= 0.6 is 0 Å². The maximum absolute atomic E-state index is 11.4. The molecule has 1 fully saturated rings. The molecule has 2 atom stereocenters. The van der Waals surface area contributed by atoms with E-state index in [1.165, 1.54) is 25.0 Å². The predicted molar refractivity (Wildman–Crippen MR) is 152 cm³/mol. The molecule has 1 saturated heterocycles. The number of hydrogen-bond acceptors (Lipinski definition) is 5. The molecular weight excluding hydrogens is 488 g/mol. The summed E-state index contributed by atoms with van der Waals surface area (Å²) in [5, 5.41) is 19.1. The maximum Gasteiger partial charge on any atom is 0.221 e. The molecule has 2 heterocycles. The number of aryl methyl sites for hydroxylation is 2. The molecule has 2 amide bonds. The van der Waals surface area contributed by atoms with Crippen molar-refractivity contribution in [3.8, 4) is 11.8 Å². The fourth-order valence-electron chi connectivity index (χ4n) is 6.30. The molecule has 200 valence electrons. The number of hydrogen-bond donors (Lipinski definition) is 3. The van der Waals surface area contributed by atoms with E-state index in [2.05, 4.69) is 46.3 Å². The lowest BCUT2D eigenvalue weighted by atomic mass is 9.56. The van der Waals surface area contributed by atoms with Gasteiger partial charge in [-0.15, -0.1) is 0 Å². The van der Waals surface area contributed by atoms with Gasteiger partial charge in [0.1, 0.15) is 5.75 Å². The van der Waals surface area contributed by atoms with Crippen molar-refractivity contribution >= 4 is 23.2 Å². The zero-order chi connectivity index (χ0) is 27.5. The SMILES string of the molecule is CC(=O)Nc1ccc(CCC23CNCC2(CCc2ccc(NC(C)=O)cc2)c2cc(C#N)ccc2OC3)cc1. The number of nitrogens with zero attached hydrogens (tertiary/aromatic N) is 1. The standard InChI is InChI=1S/C32H34N4O3/c1-22(37)35-27-8-3-24(4-9-27)13-15-31-19-34-20-32(31,29-17-26(18-33)7-12-30(29)39-21-31)16-14-25-5-10-28(11-6-25)36-23(2)38/h3-12,17,34H,13-16,19-21H2,1-2H3,(H,35,37)(H,36,38). The molecule has 0 saturated carbocycles. The summed E-state index contributed by atoms with van der Waals surface area (Å²) in [6.07, 6.45) is 3.58. The van der Waals surface area contributed by atoms with Gasteiger partial charge in [-0.2, -0.15) is 5.26 Å². The molecule has 39 heavy (non-hydrogen) atoms. The largest absolute Gasteiger partial charge is 0.493 e. The summed E-state index contributed by atoms with van der Waals surface area (Å²) in [5.41, 5.74) is 5.44. The number of nitriles is 1. The van der Waals surface area contributed by atoms with Crippen LogP contribution in [0.4, 0.5) is 11.4 Å². The molecule has 3 aromatic rings. The van der Waals surface area contributed by atoms with Crippen molar-refractivity contribution in [1.29, 1.82) is 5.26 Å². The van der Waals surface area contributed by atoms with Crippen molar-refractivity contribution in [2.24, 2.45) is 5.41 Å². The van der Waals surface area contributed by atoms with Gasteiger partial charge < -0.3 is 20.7 Å². The van der Waals surface area contributed by atoms with Gasteiger partial charge in [-0.3, -0.25) is 9.59 Å². The van der Waals surface area contributed by atoms with Gasteiger partial charge in [0, 0.05) is 54.7 Å². The Labute approximate surface area is 229 Å². The highest BCUT2D eigenvalue weighted by Crippen LogP contribution is 2.56.